The van der Waals surface area contributed by atoms with Crippen LogP contribution in [0.3, 0.4) is 0 Å². The van der Waals surface area contributed by atoms with E-state index in [4.69, 9.17) is 0 Å². The van der Waals surface area contributed by atoms with E-state index in [9.17, 15) is 0 Å². The Morgan fingerprint density at radius 2 is 0.676 bits per heavy atom. The second kappa shape index (κ2) is 13.2. The molecule has 0 amide bonds. The second-order valence-corrected chi connectivity index (χ2v) is 22.2. The molecule has 2 heteroatoms. The smallest absolute Gasteiger partial charge is 0.0544 e. The maximum Gasteiger partial charge on any atom is 0.0544 e. The molecule has 1 aromatic heterocycles. The van der Waals surface area contributed by atoms with E-state index < -0.39 is 0 Å². The Labute approximate surface area is 400 Å². The highest BCUT2D eigenvalue weighted by Gasteiger charge is 2.41. The van der Waals surface area contributed by atoms with Crippen molar-refractivity contribution >= 4 is 38.9 Å². The van der Waals surface area contributed by atoms with E-state index in [-0.39, 0.29) is 21.7 Å². The molecule has 68 heavy (non-hydrogen) atoms. The van der Waals surface area contributed by atoms with Gasteiger partial charge in [0.25, 0.3) is 0 Å². The highest BCUT2D eigenvalue weighted by molar-refractivity contribution is 6.12. The van der Waals surface area contributed by atoms with Gasteiger partial charge in [-0.2, -0.15) is 0 Å². The van der Waals surface area contributed by atoms with E-state index in [0.717, 1.165) is 0 Å². The number of anilines is 3. The van der Waals surface area contributed by atoms with Crippen LogP contribution in [0.4, 0.5) is 17.1 Å². The van der Waals surface area contributed by atoms with Crippen LogP contribution in [0.25, 0.3) is 72.0 Å². The summed E-state index contributed by atoms with van der Waals surface area (Å²) in [6.07, 6.45) is 0. The number of nitrogens with zero attached hydrogens (tertiary/aromatic N) is 2. The summed E-state index contributed by atoms with van der Waals surface area (Å²) in [6.45, 7) is 19.1. The van der Waals surface area contributed by atoms with Gasteiger partial charge in [0.15, 0.2) is 0 Å². The van der Waals surface area contributed by atoms with Crippen molar-refractivity contribution < 1.29 is 0 Å². The molecule has 0 radical (unpaired) electrons. The van der Waals surface area contributed by atoms with Crippen LogP contribution in [-0.4, -0.2) is 4.57 Å². The largest absolute Gasteiger partial charge is 0.310 e. The average molecular weight is 875 g/mol. The van der Waals surface area contributed by atoms with Crippen molar-refractivity contribution in [3.63, 3.8) is 0 Å². The molecule has 0 saturated heterocycles. The summed E-state index contributed by atoms with van der Waals surface area (Å²) in [5.41, 5.74) is 28.5. The summed E-state index contributed by atoms with van der Waals surface area (Å²) in [4.78, 5) is 2.53. The predicted octanol–water partition coefficient (Wildman–Crippen LogP) is 17.5. The minimum absolute atomic E-state index is 0.0681. The van der Waals surface area contributed by atoms with Crippen LogP contribution in [0, 0.1) is 0 Å². The van der Waals surface area contributed by atoms with Crippen LogP contribution in [0.5, 0.6) is 0 Å². The fourth-order valence-corrected chi connectivity index (χ4v) is 13.6. The van der Waals surface area contributed by atoms with Crippen molar-refractivity contribution in [3.8, 4) is 50.2 Å². The SMILES string of the molecule is CC1(C)c2ccccc2-c2cc(N(c3ccc4c(c3)C(C)(C)c3ccccc3-4)c3ccc4c(c3)C(C)(C)c3cc5c(cc3-4)c3ccccc3n5-c3ccc4c(c3)C(C)(C)c3ccccc3-4)ccc21. The Bertz CT molecular complexity index is 3870. The molecule has 0 N–H and O–H groups in total. The van der Waals surface area contributed by atoms with Crippen LogP contribution < -0.4 is 4.90 Å². The Hall–Kier alpha value is -7.42. The maximum atomic E-state index is 2.53. The van der Waals surface area contributed by atoms with E-state index in [2.05, 4.69) is 247 Å². The number of para-hydroxylation sites is 1. The highest BCUT2D eigenvalue weighted by atomic mass is 15.1. The Kier molecular flexibility index (Phi) is 7.69. The van der Waals surface area contributed by atoms with Crippen molar-refractivity contribution in [3.05, 3.63) is 226 Å². The van der Waals surface area contributed by atoms with Crippen molar-refractivity contribution in [1.29, 1.82) is 0 Å². The molecule has 14 rings (SSSR count). The van der Waals surface area contributed by atoms with Crippen molar-refractivity contribution in [2.24, 2.45) is 0 Å². The zero-order valence-corrected chi connectivity index (χ0v) is 40.2. The van der Waals surface area contributed by atoms with E-state index in [1.54, 1.807) is 0 Å². The lowest BCUT2D eigenvalue weighted by Crippen LogP contribution is -2.18. The van der Waals surface area contributed by atoms with Gasteiger partial charge in [0.2, 0.25) is 0 Å². The number of hydrogen-bond acceptors (Lipinski definition) is 1. The van der Waals surface area contributed by atoms with Gasteiger partial charge in [-0.3, -0.25) is 0 Å². The van der Waals surface area contributed by atoms with Gasteiger partial charge in [-0.15, -0.1) is 0 Å². The first-order chi connectivity index (χ1) is 32.7. The van der Waals surface area contributed by atoms with Crippen LogP contribution in [-0.2, 0) is 21.7 Å². The third kappa shape index (κ3) is 5.03. The summed E-state index contributed by atoms with van der Waals surface area (Å²) >= 11 is 0. The summed E-state index contributed by atoms with van der Waals surface area (Å²) < 4.78 is 2.53. The summed E-state index contributed by atoms with van der Waals surface area (Å²) in [5, 5.41) is 2.57. The number of aromatic nitrogens is 1. The van der Waals surface area contributed by atoms with Gasteiger partial charge in [0.1, 0.15) is 0 Å². The van der Waals surface area contributed by atoms with Crippen molar-refractivity contribution in [2.45, 2.75) is 77.0 Å². The molecule has 4 aliphatic carbocycles. The molecule has 328 valence electrons. The number of rotatable bonds is 4. The van der Waals surface area contributed by atoms with Gasteiger partial charge >= 0.3 is 0 Å². The van der Waals surface area contributed by atoms with E-state index in [0.29, 0.717) is 0 Å². The standard InChI is InChI=1S/C66H54N2/c1-63(2)55-23-15-11-19-45(55)50-33-39(28-32-56(50)63)67(40-25-29-46-43-17-9-13-21-53(43)64(3,4)57(46)34-40)41-26-31-48-51-37-52-49-20-12-16-24-61(49)68(62(52)38-60(51)66(7,8)59(48)35-41)42-27-30-47-44-18-10-14-22-54(44)65(5,6)58(47)36-42/h9-38H,1-8H3. The van der Waals surface area contributed by atoms with Crippen LogP contribution >= 0.6 is 0 Å². The zero-order chi connectivity index (χ0) is 46.2. The number of benzene rings is 9. The van der Waals surface area contributed by atoms with Crippen molar-refractivity contribution in [1.82, 2.24) is 4.57 Å². The molecular formula is C66H54N2. The minimum atomic E-state index is -0.258. The molecule has 0 bridgehead atoms. The Morgan fingerprint density at radius 1 is 0.279 bits per heavy atom. The Morgan fingerprint density at radius 3 is 1.29 bits per heavy atom. The molecule has 0 saturated carbocycles. The minimum Gasteiger partial charge on any atom is -0.310 e. The average Bonchev–Trinajstić information content (AvgIpc) is 4.02. The fourth-order valence-electron chi connectivity index (χ4n) is 13.6. The topological polar surface area (TPSA) is 8.17 Å². The lowest BCUT2D eigenvalue weighted by molar-refractivity contribution is 0.659. The third-order valence-electron chi connectivity index (χ3n) is 17.2. The van der Waals surface area contributed by atoms with E-state index >= 15 is 0 Å². The molecular weight excluding hydrogens is 821 g/mol. The lowest BCUT2D eigenvalue weighted by atomic mass is 9.81. The first-order valence-electron chi connectivity index (χ1n) is 24.5. The summed E-state index contributed by atoms with van der Waals surface area (Å²) in [7, 11) is 0. The van der Waals surface area contributed by atoms with Gasteiger partial charge in [0, 0.05) is 55.2 Å². The van der Waals surface area contributed by atoms with Crippen LogP contribution in [0.1, 0.15) is 99.9 Å². The van der Waals surface area contributed by atoms with Gasteiger partial charge in [-0.1, -0.05) is 171 Å². The molecule has 0 unspecified atom stereocenters. The quantitative estimate of drug-likeness (QED) is 0.171. The molecule has 2 nitrogen and oxygen atoms in total. The molecule has 0 fully saturated rings. The Balaban J connectivity index is 0.942. The molecule has 9 aromatic carbocycles. The summed E-state index contributed by atoms with van der Waals surface area (Å²) in [6, 6.07) is 69.8. The third-order valence-corrected chi connectivity index (χ3v) is 17.2. The number of fused-ring (bicyclic) bond motifs is 15. The van der Waals surface area contributed by atoms with Crippen LogP contribution in [0.15, 0.2) is 182 Å². The van der Waals surface area contributed by atoms with Crippen LogP contribution in [0.2, 0.25) is 0 Å². The molecule has 0 aliphatic heterocycles. The first-order valence-corrected chi connectivity index (χ1v) is 24.5. The van der Waals surface area contributed by atoms with Gasteiger partial charge in [-0.25, -0.2) is 0 Å². The van der Waals surface area contributed by atoms with Gasteiger partial charge < -0.3 is 9.47 Å². The molecule has 0 spiro atoms. The zero-order valence-electron chi connectivity index (χ0n) is 40.2. The van der Waals surface area contributed by atoms with Gasteiger partial charge in [-0.05, 0) is 156 Å². The maximum absolute atomic E-state index is 2.53. The normalized spacial score (nSPS) is 16.4. The second-order valence-electron chi connectivity index (χ2n) is 22.2. The number of hydrogen-bond donors (Lipinski definition) is 0. The molecule has 0 atom stereocenters. The first kappa shape index (κ1) is 39.7. The monoisotopic (exact) mass is 874 g/mol. The molecule has 1 heterocycles. The highest BCUT2D eigenvalue weighted by Crippen LogP contribution is 2.56. The van der Waals surface area contributed by atoms with E-state index in [1.807, 2.05) is 0 Å². The molecule has 10 aromatic rings. The lowest BCUT2D eigenvalue weighted by Gasteiger charge is -2.30. The predicted molar refractivity (Wildman–Crippen MR) is 286 cm³/mol. The van der Waals surface area contributed by atoms with Crippen molar-refractivity contribution in [2.75, 3.05) is 4.90 Å². The fraction of sp³-hybridized carbons (Fsp3) is 0.182. The summed E-state index contributed by atoms with van der Waals surface area (Å²) in [5.74, 6) is 0. The van der Waals surface area contributed by atoms with E-state index in [1.165, 1.54) is 134 Å². The van der Waals surface area contributed by atoms with Gasteiger partial charge in [0.05, 0.1) is 11.0 Å². The molecule has 4 aliphatic rings.